The zero-order valence-corrected chi connectivity index (χ0v) is 24.5. The molecule has 0 saturated heterocycles. The van der Waals surface area contributed by atoms with Crippen LogP contribution in [0, 0.1) is 6.92 Å². The highest BCUT2D eigenvalue weighted by Gasteiger charge is 2.61. The second-order valence-corrected chi connectivity index (χ2v) is 12.9. The van der Waals surface area contributed by atoms with Crippen molar-refractivity contribution in [3.05, 3.63) is 150 Å². The number of benzene rings is 5. The van der Waals surface area contributed by atoms with Crippen LogP contribution in [0.1, 0.15) is 28.2 Å². The van der Waals surface area contributed by atoms with Gasteiger partial charge in [0.05, 0.1) is 16.5 Å². The van der Waals surface area contributed by atoms with E-state index in [0.29, 0.717) is 22.4 Å². The van der Waals surface area contributed by atoms with Crippen LogP contribution in [-0.2, 0) is 25.0 Å². The third-order valence-corrected chi connectivity index (χ3v) is 10.3. The summed E-state index contributed by atoms with van der Waals surface area (Å²) in [6, 6.07) is 36.1. The Labute approximate surface area is 250 Å². The fourth-order valence-corrected chi connectivity index (χ4v) is 8.03. The summed E-state index contributed by atoms with van der Waals surface area (Å²) >= 11 is 0. The molecule has 0 saturated carbocycles. The predicted molar refractivity (Wildman–Crippen MR) is 168 cm³/mol. The van der Waals surface area contributed by atoms with Crippen LogP contribution in [0.4, 0.5) is 5.69 Å². The SMILES string of the molecule is Cc1ccc(S(=O)(=O)N2C(=O)C(c3cccc4ccccc34)C3(C=C2c2ccccc2)C(=O)N(C)c2ccccc23)cc1. The van der Waals surface area contributed by atoms with Crippen molar-refractivity contribution in [3.63, 3.8) is 0 Å². The van der Waals surface area contributed by atoms with E-state index >= 15 is 4.79 Å². The lowest BCUT2D eigenvalue weighted by Crippen LogP contribution is -2.54. The summed E-state index contributed by atoms with van der Waals surface area (Å²) in [5, 5.41) is 1.67. The Morgan fingerprint density at radius 1 is 0.721 bits per heavy atom. The molecule has 5 aromatic carbocycles. The Bertz CT molecular complexity index is 2060. The van der Waals surface area contributed by atoms with Crippen LogP contribution in [0.2, 0.25) is 0 Å². The number of hydrogen-bond donors (Lipinski definition) is 0. The molecule has 2 amide bonds. The standard InChI is InChI=1S/C36H28N2O4S/c1-24-19-21-27(22-20-24)43(41,42)38-32(26-12-4-3-5-13-26)23-36(30-17-8-9-18-31(30)37(2)35(36)40)33(34(38)39)29-16-10-14-25-11-6-7-15-28(25)29/h3-23,33H,1-2H3. The minimum absolute atomic E-state index is 0.00355. The van der Waals surface area contributed by atoms with E-state index in [4.69, 9.17) is 0 Å². The average molecular weight is 585 g/mol. The Hall–Kier alpha value is -5.01. The zero-order valence-electron chi connectivity index (χ0n) is 23.6. The molecule has 2 aliphatic heterocycles. The molecule has 5 aromatic rings. The van der Waals surface area contributed by atoms with Gasteiger partial charge in [-0.15, -0.1) is 0 Å². The molecule has 43 heavy (non-hydrogen) atoms. The molecule has 0 N–H and O–H groups in total. The van der Waals surface area contributed by atoms with Gasteiger partial charge in [-0.3, -0.25) is 9.59 Å². The summed E-state index contributed by atoms with van der Waals surface area (Å²) in [6.45, 7) is 1.87. The predicted octanol–water partition coefficient (Wildman–Crippen LogP) is 6.42. The van der Waals surface area contributed by atoms with Crippen LogP contribution in [0.15, 0.2) is 132 Å². The fraction of sp³-hybridized carbons (Fsp3) is 0.111. The largest absolute Gasteiger partial charge is 0.314 e. The van der Waals surface area contributed by atoms with E-state index in [9.17, 15) is 13.2 Å². The lowest BCUT2D eigenvalue weighted by molar-refractivity contribution is -0.133. The van der Waals surface area contributed by atoms with Gasteiger partial charge in [-0.1, -0.05) is 109 Å². The summed E-state index contributed by atoms with van der Waals surface area (Å²) in [7, 11) is -2.68. The quantitative estimate of drug-likeness (QED) is 0.244. The highest BCUT2D eigenvalue weighted by molar-refractivity contribution is 7.90. The van der Waals surface area contributed by atoms with Crippen molar-refractivity contribution in [3.8, 4) is 0 Å². The fourth-order valence-electron chi connectivity index (χ4n) is 6.58. The van der Waals surface area contributed by atoms with Crippen LogP contribution < -0.4 is 4.90 Å². The topological polar surface area (TPSA) is 74.8 Å². The highest BCUT2D eigenvalue weighted by atomic mass is 32.2. The molecule has 0 radical (unpaired) electrons. The summed E-state index contributed by atoms with van der Waals surface area (Å²) < 4.78 is 29.9. The maximum absolute atomic E-state index is 15.2. The van der Waals surface area contributed by atoms with Crippen molar-refractivity contribution in [1.82, 2.24) is 4.31 Å². The van der Waals surface area contributed by atoms with Crippen LogP contribution in [0.3, 0.4) is 0 Å². The minimum Gasteiger partial charge on any atom is -0.314 e. The average Bonchev–Trinajstić information content (AvgIpc) is 3.23. The molecule has 7 heteroatoms. The van der Waals surface area contributed by atoms with Gasteiger partial charge in [0.1, 0.15) is 5.41 Å². The number of hydrogen-bond acceptors (Lipinski definition) is 4. The molecular formula is C36H28N2O4S. The number of sulfonamides is 1. The first-order chi connectivity index (χ1) is 20.7. The number of carbonyl (C=O) groups is 2. The van der Waals surface area contributed by atoms with E-state index in [1.807, 2.05) is 79.7 Å². The number of likely N-dealkylation sites (N-methyl/N-ethyl adjacent to an activating group) is 1. The number of fused-ring (bicyclic) bond motifs is 3. The lowest BCUT2D eigenvalue weighted by atomic mass is 9.64. The van der Waals surface area contributed by atoms with E-state index in [0.717, 1.165) is 20.6 Å². The molecule has 0 bridgehead atoms. The Morgan fingerprint density at radius 2 is 1.37 bits per heavy atom. The smallest absolute Gasteiger partial charge is 0.270 e. The number of nitrogens with zero attached hydrogens (tertiary/aromatic N) is 2. The molecule has 2 aliphatic rings. The molecular weight excluding hydrogens is 556 g/mol. The van der Waals surface area contributed by atoms with Crippen LogP contribution in [-0.4, -0.2) is 31.6 Å². The molecule has 0 fully saturated rings. The van der Waals surface area contributed by atoms with Crippen LogP contribution >= 0.6 is 0 Å². The maximum atomic E-state index is 15.2. The van der Waals surface area contributed by atoms with E-state index < -0.39 is 27.3 Å². The number of rotatable bonds is 4. The van der Waals surface area contributed by atoms with Crippen LogP contribution in [0.25, 0.3) is 16.5 Å². The molecule has 1 spiro atoms. The first kappa shape index (κ1) is 26.9. The molecule has 2 atom stereocenters. The van der Waals surface area contributed by atoms with Crippen molar-refractivity contribution in [2.75, 3.05) is 11.9 Å². The van der Waals surface area contributed by atoms with Gasteiger partial charge in [0.15, 0.2) is 0 Å². The van der Waals surface area contributed by atoms with Crippen molar-refractivity contribution < 1.29 is 18.0 Å². The van der Waals surface area contributed by atoms with Gasteiger partial charge < -0.3 is 4.90 Å². The molecule has 0 aromatic heterocycles. The Kier molecular flexibility index (Phi) is 6.11. The van der Waals surface area contributed by atoms with Crippen molar-refractivity contribution in [1.29, 1.82) is 0 Å². The number of para-hydroxylation sites is 1. The summed E-state index contributed by atoms with van der Waals surface area (Å²) in [5.41, 5.74) is 2.01. The highest BCUT2D eigenvalue weighted by Crippen LogP contribution is 2.56. The monoisotopic (exact) mass is 584 g/mol. The van der Waals surface area contributed by atoms with E-state index in [1.165, 1.54) is 12.1 Å². The van der Waals surface area contributed by atoms with Gasteiger partial charge in [0.2, 0.25) is 11.8 Å². The van der Waals surface area contributed by atoms with E-state index in [2.05, 4.69) is 0 Å². The zero-order chi connectivity index (χ0) is 29.9. The van der Waals surface area contributed by atoms with Crippen LogP contribution in [0.5, 0.6) is 0 Å². The molecule has 2 heterocycles. The summed E-state index contributed by atoms with van der Waals surface area (Å²) in [4.78, 5) is 31.4. The van der Waals surface area contributed by atoms with E-state index in [1.54, 1.807) is 54.4 Å². The third kappa shape index (κ3) is 3.88. The molecule has 0 aliphatic carbocycles. The molecule has 2 unspecified atom stereocenters. The van der Waals surface area contributed by atoms with Crippen molar-refractivity contribution in [2.24, 2.45) is 0 Å². The Balaban J connectivity index is 1.61. The van der Waals surface area contributed by atoms with Gasteiger partial charge in [-0.2, -0.15) is 0 Å². The second kappa shape index (κ2) is 9.78. The molecule has 212 valence electrons. The summed E-state index contributed by atoms with van der Waals surface area (Å²) in [6.07, 6.45) is 1.71. The molecule has 6 nitrogen and oxygen atoms in total. The third-order valence-electron chi connectivity index (χ3n) is 8.62. The van der Waals surface area contributed by atoms with Gasteiger partial charge in [0.25, 0.3) is 10.0 Å². The normalized spacial score (nSPS) is 20.0. The summed E-state index contributed by atoms with van der Waals surface area (Å²) in [5.74, 6) is -2.14. The first-order valence-electron chi connectivity index (χ1n) is 14.0. The number of carbonyl (C=O) groups excluding carboxylic acids is 2. The van der Waals surface area contributed by atoms with Crippen molar-refractivity contribution >= 4 is 44.0 Å². The Morgan fingerprint density at radius 3 is 2.14 bits per heavy atom. The first-order valence-corrected chi connectivity index (χ1v) is 15.5. The van der Waals surface area contributed by atoms with E-state index in [-0.39, 0.29) is 16.5 Å². The second-order valence-electron chi connectivity index (χ2n) is 11.1. The number of amides is 2. The van der Waals surface area contributed by atoms with Gasteiger partial charge in [0, 0.05) is 12.7 Å². The lowest BCUT2D eigenvalue weighted by Gasteiger charge is -2.42. The van der Waals surface area contributed by atoms with Gasteiger partial charge in [-0.05, 0) is 58.7 Å². The van der Waals surface area contributed by atoms with Gasteiger partial charge in [-0.25, -0.2) is 12.7 Å². The van der Waals surface area contributed by atoms with Gasteiger partial charge >= 0.3 is 0 Å². The number of anilines is 1. The maximum Gasteiger partial charge on any atom is 0.270 e. The molecule has 7 rings (SSSR count). The number of aryl methyl sites for hydroxylation is 1. The minimum atomic E-state index is -4.38. The van der Waals surface area contributed by atoms with Crippen molar-refractivity contribution in [2.45, 2.75) is 23.2 Å².